The number of nitrogens with two attached hydrogens (primary N) is 1. The second-order valence-corrected chi connectivity index (χ2v) is 3.78. The first-order valence-corrected chi connectivity index (χ1v) is 5.57. The first-order chi connectivity index (χ1) is 9.13. The van der Waals surface area contributed by atoms with E-state index in [4.69, 9.17) is 15.2 Å². The summed E-state index contributed by atoms with van der Waals surface area (Å²) >= 11 is 0. The largest absolute Gasteiger partial charge is 0.475 e. The molecule has 0 aliphatic carbocycles. The van der Waals surface area contributed by atoms with Gasteiger partial charge in [0.1, 0.15) is 17.7 Å². The maximum Gasteiger partial charge on any atom is 0.254 e. The van der Waals surface area contributed by atoms with Crippen LogP contribution in [-0.4, -0.2) is 36.2 Å². The fourth-order valence-electron chi connectivity index (χ4n) is 1.57. The van der Waals surface area contributed by atoms with Gasteiger partial charge >= 0.3 is 0 Å². The monoisotopic (exact) mass is 263 g/mol. The Morgan fingerprint density at radius 1 is 1.42 bits per heavy atom. The smallest absolute Gasteiger partial charge is 0.254 e. The lowest BCUT2D eigenvalue weighted by Crippen LogP contribution is -2.22. The van der Waals surface area contributed by atoms with Crippen molar-refractivity contribution in [2.24, 2.45) is 5.73 Å². The molecule has 0 aliphatic rings. The van der Waals surface area contributed by atoms with Crippen molar-refractivity contribution in [2.45, 2.75) is 0 Å². The molecule has 0 aliphatic heterocycles. The van der Waals surface area contributed by atoms with E-state index in [2.05, 4.69) is 9.97 Å². The SMILES string of the molecule is COCCOc1ccc2[nH]cc(C(N)=O)c(=O)c2n1. The number of nitrogens with zero attached hydrogens (tertiary/aromatic N) is 1. The van der Waals surface area contributed by atoms with Gasteiger partial charge in [0, 0.05) is 19.4 Å². The summed E-state index contributed by atoms with van der Waals surface area (Å²) in [5.41, 5.74) is 5.09. The zero-order valence-corrected chi connectivity index (χ0v) is 10.3. The molecule has 2 aromatic heterocycles. The highest BCUT2D eigenvalue weighted by Gasteiger charge is 2.11. The summed E-state index contributed by atoms with van der Waals surface area (Å²) in [4.78, 5) is 29.9. The van der Waals surface area contributed by atoms with Gasteiger partial charge < -0.3 is 20.2 Å². The van der Waals surface area contributed by atoms with Crippen LogP contribution in [0.4, 0.5) is 0 Å². The Labute approximate surface area is 108 Å². The first kappa shape index (κ1) is 13.0. The summed E-state index contributed by atoms with van der Waals surface area (Å²) in [6, 6.07) is 3.27. The molecular formula is C12H13N3O4. The van der Waals surface area contributed by atoms with Gasteiger partial charge in [0.15, 0.2) is 0 Å². The van der Waals surface area contributed by atoms with Crippen LogP contribution in [0.1, 0.15) is 10.4 Å². The number of ether oxygens (including phenoxy) is 2. The molecule has 3 N–H and O–H groups in total. The number of aromatic amines is 1. The van der Waals surface area contributed by atoms with Crippen LogP contribution in [0.15, 0.2) is 23.1 Å². The minimum Gasteiger partial charge on any atom is -0.475 e. The molecule has 7 heteroatoms. The molecule has 19 heavy (non-hydrogen) atoms. The Morgan fingerprint density at radius 3 is 2.89 bits per heavy atom. The van der Waals surface area contributed by atoms with Gasteiger partial charge in [-0.3, -0.25) is 9.59 Å². The summed E-state index contributed by atoms with van der Waals surface area (Å²) in [6.45, 7) is 0.736. The van der Waals surface area contributed by atoms with E-state index >= 15 is 0 Å². The maximum absolute atomic E-state index is 12.0. The van der Waals surface area contributed by atoms with Crippen LogP contribution in [0.5, 0.6) is 5.88 Å². The molecule has 0 spiro atoms. The number of aromatic nitrogens is 2. The molecule has 7 nitrogen and oxygen atoms in total. The van der Waals surface area contributed by atoms with Crippen molar-refractivity contribution in [3.05, 3.63) is 34.1 Å². The number of primary amides is 1. The van der Waals surface area contributed by atoms with Crippen molar-refractivity contribution in [2.75, 3.05) is 20.3 Å². The third-order valence-corrected chi connectivity index (χ3v) is 2.50. The van der Waals surface area contributed by atoms with Gasteiger partial charge in [0.05, 0.1) is 12.1 Å². The molecule has 1 amide bonds. The molecule has 0 bridgehead atoms. The Bertz CT molecular complexity index is 666. The summed E-state index contributed by atoms with van der Waals surface area (Å²) in [7, 11) is 1.56. The number of carbonyl (C=O) groups excluding carboxylic acids is 1. The molecule has 0 unspecified atom stereocenters. The fourth-order valence-corrected chi connectivity index (χ4v) is 1.57. The predicted molar refractivity (Wildman–Crippen MR) is 68.3 cm³/mol. The van der Waals surface area contributed by atoms with Crippen LogP contribution < -0.4 is 15.9 Å². The molecule has 2 aromatic rings. The number of pyridine rings is 2. The quantitative estimate of drug-likeness (QED) is 0.741. The zero-order chi connectivity index (χ0) is 13.8. The minimum atomic E-state index is -0.796. The highest BCUT2D eigenvalue weighted by molar-refractivity contribution is 5.95. The molecule has 100 valence electrons. The van der Waals surface area contributed by atoms with Gasteiger partial charge in [-0.1, -0.05) is 0 Å². The summed E-state index contributed by atoms with van der Waals surface area (Å²) in [5.74, 6) is -0.507. The van der Waals surface area contributed by atoms with E-state index in [1.807, 2.05) is 0 Å². The second-order valence-electron chi connectivity index (χ2n) is 3.78. The Morgan fingerprint density at radius 2 is 2.21 bits per heavy atom. The standard InChI is InChI=1S/C12H13N3O4/c1-18-4-5-19-9-3-2-8-10(15-9)11(16)7(6-14-8)12(13)17/h2-3,6H,4-5H2,1H3,(H2,13,17)(H,14,16). The highest BCUT2D eigenvalue weighted by atomic mass is 16.5. The second kappa shape index (κ2) is 5.49. The maximum atomic E-state index is 12.0. The lowest BCUT2D eigenvalue weighted by Gasteiger charge is -2.05. The van der Waals surface area contributed by atoms with E-state index < -0.39 is 11.3 Å². The van der Waals surface area contributed by atoms with Crippen molar-refractivity contribution in [3.63, 3.8) is 0 Å². The van der Waals surface area contributed by atoms with E-state index in [0.717, 1.165) is 0 Å². The molecule has 0 radical (unpaired) electrons. The zero-order valence-electron chi connectivity index (χ0n) is 10.3. The topological polar surface area (TPSA) is 107 Å². The van der Waals surface area contributed by atoms with Crippen LogP contribution in [0.3, 0.4) is 0 Å². The normalized spacial score (nSPS) is 10.6. The lowest BCUT2D eigenvalue weighted by molar-refractivity contribution is 0.0999. The van der Waals surface area contributed by atoms with Gasteiger partial charge in [-0.05, 0) is 6.07 Å². The number of carbonyl (C=O) groups is 1. The predicted octanol–water partition coefficient (Wildman–Crippen LogP) is 0.0472. The molecule has 0 atom stereocenters. The van der Waals surface area contributed by atoms with Crippen molar-refractivity contribution in [1.29, 1.82) is 0 Å². The summed E-state index contributed by atoms with van der Waals surface area (Å²) in [6.07, 6.45) is 1.28. The van der Waals surface area contributed by atoms with Crippen molar-refractivity contribution >= 4 is 16.9 Å². The first-order valence-electron chi connectivity index (χ1n) is 5.57. The molecule has 0 fully saturated rings. The van der Waals surface area contributed by atoms with Gasteiger partial charge in [0.2, 0.25) is 11.3 Å². The molecule has 0 saturated carbocycles. The average Bonchev–Trinajstić information content (AvgIpc) is 2.39. The average molecular weight is 263 g/mol. The van der Waals surface area contributed by atoms with Crippen molar-refractivity contribution < 1.29 is 14.3 Å². The molecular weight excluding hydrogens is 250 g/mol. The van der Waals surface area contributed by atoms with E-state index in [1.54, 1.807) is 19.2 Å². The van der Waals surface area contributed by atoms with Gasteiger partial charge in [-0.15, -0.1) is 0 Å². The van der Waals surface area contributed by atoms with Crippen molar-refractivity contribution in [3.8, 4) is 5.88 Å². The number of amides is 1. The number of hydrogen-bond acceptors (Lipinski definition) is 5. The Hall–Kier alpha value is -2.41. The number of H-pyrrole nitrogens is 1. The lowest BCUT2D eigenvalue weighted by atomic mass is 10.2. The molecule has 0 saturated heterocycles. The van der Waals surface area contributed by atoms with Crippen LogP contribution >= 0.6 is 0 Å². The van der Waals surface area contributed by atoms with E-state index in [9.17, 15) is 9.59 Å². The van der Waals surface area contributed by atoms with E-state index in [1.165, 1.54) is 6.20 Å². The number of hydrogen-bond donors (Lipinski definition) is 2. The molecule has 2 rings (SSSR count). The summed E-state index contributed by atoms with van der Waals surface area (Å²) < 4.78 is 10.1. The Kier molecular flexibility index (Phi) is 3.76. The summed E-state index contributed by atoms with van der Waals surface area (Å²) in [5, 5.41) is 0. The van der Waals surface area contributed by atoms with Gasteiger partial charge in [-0.25, -0.2) is 4.98 Å². The van der Waals surface area contributed by atoms with Gasteiger partial charge in [-0.2, -0.15) is 0 Å². The minimum absolute atomic E-state index is 0.117. The highest BCUT2D eigenvalue weighted by Crippen LogP contribution is 2.12. The number of rotatable bonds is 5. The van der Waals surface area contributed by atoms with E-state index in [0.29, 0.717) is 18.7 Å². The molecule has 2 heterocycles. The van der Waals surface area contributed by atoms with E-state index in [-0.39, 0.29) is 17.0 Å². The van der Waals surface area contributed by atoms with Crippen LogP contribution in [0.25, 0.3) is 11.0 Å². The third kappa shape index (κ3) is 2.71. The number of fused-ring (bicyclic) bond motifs is 1. The van der Waals surface area contributed by atoms with Crippen LogP contribution in [0.2, 0.25) is 0 Å². The number of nitrogens with one attached hydrogen (secondary N) is 1. The molecule has 0 aromatic carbocycles. The fraction of sp³-hybridized carbons (Fsp3) is 0.250. The van der Waals surface area contributed by atoms with Crippen LogP contribution in [0, 0.1) is 0 Å². The third-order valence-electron chi connectivity index (χ3n) is 2.50. The Balaban J connectivity index is 2.42. The van der Waals surface area contributed by atoms with Crippen molar-refractivity contribution in [1.82, 2.24) is 9.97 Å². The number of methoxy groups -OCH3 is 1. The van der Waals surface area contributed by atoms with Crippen LogP contribution in [-0.2, 0) is 4.74 Å². The van der Waals surface area contributed by atoms with Gasteiger partial charge in [0.25, 0.3) is 5.91 Å².